The molecule has 2 heterocycles. The molecule has 94 valence electrons. The maximum Gasteiger partial charge on any atom is 0.119 e. The van der Waals surface area contributed by atoms with Crippen LogP contribution in [0, 0.1) is 6.92 Å². The Bertz CT molecular complexity index is 536. The third kappa shape index (κ3) is 1.74. The lowest BCUT2D eigenvalue weighted by molar-refractivity contribution is -0.0880. The number of aliphatic hydroxyl groups excluding tert-OH is 1. The lowest BCUT2D eigenvalue weighted by Gasteiger charge is -2.37. The van der Waals surface area contributed by atoms with Gasteiger partial charge in [0.05, 0.1) is 37.1 Å². The van der Waals surface area contributed by atoms with E-state index < -0.39 is 0 Å². The van der Waals surface area contributed by atoms with Crippen molar-refractivity contribution in [3.8, 4) is 11.3 Å². The number of rotatable bonds is 3. The number of nitrogens with zero attached hydrogens (tertiary/aromatic N) is 1. The lowest BCUT2D eigenvalue weighted by Crippen LogP contribution is -2.50. The average Bonchev–Trinajstić information content (AvgIpc) is 2.79. The molecule has 2 N–H and O–H groups in total. The fraction of sp³-hybridized carbons (Fsp3) is 0.357. The van der Waals surface area contributed by atoms with Crippen LogP contribution < -0.4 is 0 Å². The van der Waals surface area contributed by atoms with Crippen molar-refractivity contribution in [2.45, 2.75) is 12.3 Å². The Morgan fingerprint density at radius 2 is 2.06 bits per heavy atom. The Balaban J connectivity index is 1.91. The fourth-order valence-electron chi connectivity index (χ4n) is 2.12. The highest BCUT2D eigenvalue weighted by molar-refractivity contribution is 5.59. The van der Waals surface area contributed by atoms with E-state index in [1.807, 2.05) is 6.20 Å². The van der Waals surface area contributed by atoms with E-state index in [-0.39, 0.29) is 12.0 Å². The monoisotopic (exact) mass is 244 g/mol. The van der Waals surface area contributed by atoms with Crippen molar-refractivity contribution in [2.75, 3.05) is 19.8 Å². The third-order valence-corrected chi connectivity index (χ3v) is 3.50. The Kier molecular flexibility index (Phi) is 2.69. The van der Waals surface area contributed by atoms with Gasteiger partial charge in [-0.3, -0.25) is 0 Å². The molecule has 1 aromatic carbocycles. The number of nitrogens with one attached hydrogen (secondary N) is 1. The molecule has 18 heavy (non-hydrogen) atoms. The highest BCUT2D eigenvalue weighted by Gasteiger charge is 2.42. The van der Waals surface area contributed by atoms with E-state index in [1.165, 1.54) is 5.56 Å². The van der Waals surface area contributed by atoms with Crippen molar-refractivity contribution < 1.29 is 9.84 Å². The van der Waals surface area contributed by atoms with E-state index in [4.69, 9.17) is 4.74 Å². The summed E-state index contributed by atoms with van der Waals surface area (Å²) < 4.78 is 5.19. The minimum absolute atomic E-state index is 0.0633. The molecule has 3 rings (SSSR count). The van der Waals surface area contributed by atoms with Gasteiger partial charge in [0.2, 0.25) is 0 Å². The predicted octanol–water partition coefficient (Wildman–Crippen LogP) is 1.65. The first-order valence-electron chi connectivity index (χ1n) is 6.05. The molecule has 4 heteroatoms. The largest absolute Gasteiger partial charge is 0.395 e. The molecule has 2 aromatic rings. The SMILES string of the molecule is Cc1ccc(-c2cnc(C3(CO)COC3)[nH]2)cc1. The summed E-state index contributed by atoms with van der Waals surface area (Å²) in [6, 6.07) is 8.28. The van der Waals surface area contributed by atoms with Gasteiger partial charge in [0.25, 0.3) is 0 Å². The molecule has 0 saturated carbocycles. The zero-order chi connectivity index (χ0) is 12.6. The standard InChI is InChI=1S/C14H16N2O2/c1-10-2-4-11(5-3-10)12-6-15-13(16-12)14(7-17)8-18-9-14/h2-6,17H,7-9H2,1H3,(H,15,16). The summed E-state index contributed by atoms with van der Waals surface area (Å²) in [5, 5.41) is 9.47. The van der Waals surface area contributed by atoms with E-state index in [1.54, 1.807) is 0 Å². The summed E-state index contributed by atoms with van der Waals surface area (Å²) in [5.41, 5.74) is 2.98. The van der Waals surface area contributed by atoms with Gasteiger partial charge in [-0.2, -0.15) is 0 Å². The van der Waals surface area contributed by atoms with Gasteiger partial charge in [-0.25, -0.2) is 4.98 Å². The maximum absolute atomic E-state index is 9.47. The number of aromatic nitrogens is 2. The number of aromatic amines is 1. The Morgan fingerprint density at radius 1 is 1.33 bits per heavy atom. The van der Waals surface area contributed by atoms with E-state index in [2.05, 4.69) is 41.2 Å². The molecule has 1 aromatic heterocycles. The van der Waals surface area contributed by atoms with Gasteiger partial charge in [0.1, 0.15) is 5.82 Å². The van der Waals surface area contributed by atoms with Gasteiger partial charge >= 0.3 is 0 Å². The van der Waals surface area contributed by atoms with Crippen molar-refractivity contribution >= 4 is 0 Å². The number of hydrogen-bond acceptors (Lipinski definition) is 3. The molecular formula is C14H16N2O2. The second kappa shape index (κ2) is 4.23. The van der Waals surface area contributed by atoms with Crippen LogP contribution in [0.5, 0.6) is 0 Å². The van der Waals surface area contributed by atoms with Gasteiger partial charge in [-0.15, -0.1) is 0 Å². The summed E-state index contributed by atoms with van der Waals surface area (Å²) in [4.78, 5) is 7.68. The first-order chi connectivity index (χ1) is 8.73. The summed E-state index contributed by atoms with van der Waals surface area (Å²) in [6.45, 7) is 3.19. The highest BCUT2D eigenvalue weighted by Crippen LogP contribution is 2.31. The van der Waals surface area contributed by atoms with Gasteiger partial charge in [0.15, 0.2) is 0 Å². The van der Waals surface area contributed by atoms with Crippen LogP contribution in [0.3, 0.4) is 0 Å². The number of ether oxygens (including phenoxy) is 1. The van der Waals surface area contributed by atoms with Crippen LogP contribution >= 0.6 is 0 Å². The van der Waals surface area contributed by atoms with Crippen molar-refractivity contribution in [1.29, 1.82) is 0 Å². The van der Waals surface area contributed by atoms with Gasteiger partial charge < -0.3 is 14.8 Å². The van der Waals surface area contributed by atoms with Crippen LogP contribution in [0.4, 0.5) is 0 Å². The molecule has 0 unspecified atom stereocenters. The van der Waals surface area contributed by atoms with Gasteiger partial charge in [-0.05, 0) is 12.5 Å². The molecular weight excluding hydrogens is 228 g/mol. The van der Waals surface area contributed by atoms with Crippen LogP contribution in [0.1, 0.15) is 11.4 Å². The number of benzene rings is 1. The normalized spacial score (nSPS) is 17.4. The zero-order valence-corrected chi connectivity index (χ0v) is 10.3. The van der Waals surface area contributed by atoms with Gasteiger partial charge in [0, 0.05) is 0 Å². The summed E-state index contributed by atoms with van der Waals surface area (Å²) in [6.07, 6.45) is 1.82. The summed E-state index contributed by atoms with van der Waals surface area (Å²) >= 11 is 0. The third-order valence-electron chi connectivity index (χ3n) is 3.50. The minimum Gasteiger partial charge on any atom is -0.395 e. The summed E-state index contributed by atoms with van der Waals surface area (Å²) in [5.74, 6) is 0.812. The van der Waals surface area contributed by atoms with E-state index in [0.717, 1.165) is 17.1 Å². The molecule has 0 amide bonds. The number of aliphatic hydroxyl groups is 1. The van der Waals surface area contributed by atoms with E-state index in [9.17, 15) is 5.11 Å². The maximum atomic E-state index is 9.47. The van der Waals surface area contributed by atoms with Crippen molar-refractivity contribution in [3.05, 3.63) is 41.9 Å². The molecule has 4 nitrogen and oxygen atoms in total. The molecule has 1 aliphatic heterocycles. The van der Waals surface area contributed by atoms with Crippen LogP contribution in [-0.4, -0.2) is 34.9 Å². The quantitative estimate of drug-likeness (QED) is 0.863. The number of imidazole rings is 1. The molecule has 0 spiro atoms. The van der Waals surface area contributed by atoms with Crippen LogP contribution in [-0.2, 0) is 10.2 Å². The number of aryl methyl sites for hydroxylation is 1. The average molecular weight is 244 g/mol. The number of H-pyrrole nitrogens is 1. The molecule has 0 aliphatic carbocycles. The highest BCUT2D eigenvalue weighted by atomic mass is 16.5. The topological polar surface area (TPSA) is 58.1 Å². The van der Waals surface area contributed by atoms with Crippen LogP contribution in [0.15, 0.2) is 30.5 Å². The molecule has 1 aliphatic rings. The zero-order valence-electron chi connectivity index (χ0n) is 10.3. The molecule has 1 fully saturated rings. The predicted molar refractivity (Wildman–Crippen MR) is 68.3 cm³/mol. The molecule has 0 atom stereocenters. The molecule has 0 bridgehead atoms. The lowest BCUT2D eigenvalue weighted by atomic mass is 9.86. The van der Waals surface area contributed by atoms with Crippen LogP contribution in [0.2, 0.25) is 0 Å². The first-order valence-corrected chi connectivity index (χ1v) is 6.05. The summed E-state index contributed by atoms with van der Waals surface area (Å²) in [7, 11) is 0. The fourth-order valence-corrected chi connectivity index (χ4v) is 2.12. The van der Waals surface area contributed by atoms with Crippen molar-refractivity contribution in [2.24, 2.45) is 0 Å². The Morgan fingerprint density at radius 3 is 2.61 bits per heavy atom. The Labute approximate surface area is 106 Å². The second-order valence-electron chi connectivity index (χ2n) is 4.94. The van der Waals surface area contributed by atoms with Gasteiger partial charge in [-0.1, -0.05) is 29.8 Å². The van der Waals surface area contributed by atoms with Crippen molar-refractivity contribution in [1.82, 2.24) is 9.97 Å². The second-order valence-corrected chi connectivity index (χ2v) is 4.94. The van der Waals surface area contributed by atoms with Crippen LogP contribution in [0.25, 0.3) is 11.3 Å². The smallest absolute Gasteiger partial charge is 0.119 e. The molecule has 1 saturated heterocycles. The van der Waals surface area contributed by atoms with E-state index >= 15 is 0 Å². The van der Waals surface area contributed by atoms with E-state index in [0.29, 0.717) is 13.2 Å². The number of hydrogen-bond donors (Lipinski definition) is 2. The minimum atomic E-state index is -0.330. The van der Waals surface area contributed by atoms with Crippen molar-refractivity contribution in [3.63, 3.8) is 0 Å². The molecule has 0 radical (unpaired) electrons. The first kappa shape index (κ1) is 11.4. The Hall–Kier alpha value is -1.65.